The summed E-state index contributed by atoms with van der Waals surface area (Å²) in [7, 11) is 0. The molecule has 9 heteroatoms. The molecule has 1 amide bonds. The number of nitrogens with zero attached hydrogens (tertiary/aromatic N) is 4. The highest BCUT2D eigenvalue weighted by Crippen LogP contribution is 2.16. The first-order valence-electron chi connectivity index (χ1n) is 9.27. The molecule has 2 aromatic heterocycles. The summed E-state index contributed by atoms with van der Waals surface area (Å²) >= 11 is 1.19. The fourth-order valence-electron chi connectivity index (χ4n) is 2.97. The Hall–Kier alpha value is -3.46. The number of thioether (sulfide) groups is 1. The molecule has 0 radical (unpaired) electrons. The summed E-state index contributed by atoms with van der Waals surface area (Å²) in [5.74, 6) is -0.404. The molecular weight excluding hydrogens is 405 g/mol. The van der Waals surface area contributed by atoms with Crippen LogP contribution in [0.15, 0.2) is 76.9 Å². The van der Waals surface area contributed by atoms with Crippen LogP contribution in [-0.2, 0) is 11.2 Å². The first kappa shape index (κ1) is 19.8. The highest BCUT2D eigenvalue weighted by atomic mass is 32.2. The molecule has 0 atom stereocenters. The third-order valence-corrected chi connectivity index (χ3v) is 5.38. The van der Waals surface area contributed by atoms with Gasteiger partial charge in [0, 0.05) is 18.9 Å². The number of halogens is 1. The van der Waals surface area contributed by atoms with E-state index < -0.39 is 11.4 Å². The van der Waals surface area contributed by atoms with E-state index in [2.05, 4.69) is 15.5 Å². The first-order valence-corrected chi connectivity index (χ1v) is 10.3. The first-order chi connectivity index (χ1) is 14.6. The largest absolute Gasteiger partial charge is 0.355 e. The zero-order valence-electron chi connectivity index (χ0n) is 15.9. The third kappa shape index (κ3) is 4.41. The number of rotatable bonds is 7. The minimum absolute atomic E-state index is 0.105. The summed E-state index contributed by atoms with van der Waals surface area (Å²) in [6.07, 6.45) is 3.90. The van der Waals surface area contributed by atoms with Crippen molar-refractivity contribution in [2.75, 3.05) is 12.3 Å². The SMILES string of the molecule is O=C(CSc1nnc2c(=O)n(-c3cccc(F)c3)ccn12)NCCc1ccccc1. The predicted molar refractivity (Wildman–Crippen MR) is 112 cm³/mol. The molecule has 0 aliphatic rings. The van der Waals surface area contributed by atoms with Crippen LogP contribution in [0.25, 0.3) is 11.3 Å². The summed E-state index contributed by atoms with van der Waals surface area (Å²) in [6.45, 7) is 0.544. The predicted octanol–water partition coefficient (Wildman–Crippen LogP) is 2.47. The number of hydrogen-bond acceptors (Lipinski definition) is 5. The maximum absolute atomic E-state index is 13.5. The van der Waals surface area contributed by atoms with Crippen molar-refractivity contribution in [2.24, 2.45) is 0 Å². The minimum Gasteiger partial charge on any atom is -0.355 e. The molecule has 0 spiro atoms. The van der Waals surface area contributed by atoms with Gasteiger partial charge in [0.05, 0.1) is 11.4 Å². The van der Waals surface area contributed by atoms with Gasteiger partial charge in [0.15, 0.2) is 5.16 Å². The summed E-state index contributed by atoms with van der Waals surface area (Å²) < 4.78 is 16.3. The normalized spacial score (nSPS) is 11.0. The van der Waals surface area contributed by atoms with Gasteiger partial charge in [0.2, 0.25) is 11.6 Å². The van der Waals surface area contributed by atoms with E-state index in [4.69, 9.17) is 0 Å². The van der Waals surface area contributed by atoms with E-state index in [1.807, 2.05) is 30.3 Å². The van der Waals surface area contributed by atoms with Crippen LogP contribution in [0.1, 0.15) is 5.56 Å². The maximum atomic E-state index is 13.5. The van der Waals surface area contributed by atoms with Crippen molar-refractivity contribution in [3.8, 4) is 5.69 Å². The quantitative estimate of drug-likeness (QED) is 0.462. The van der Waals surface area contributed by atoms with Crippen LogP contribution in [0.3, 0.4) is 0 Å². The van der Waals surface area contributed by atoms with Crippen LogP contribution in [0.2, 0.25) is 0 Å². The maximum Gasteiger partial charge on any atom is 0.300 e. The second-order valence-electron chi connectivity index (χ2n) is 6.50. The Bertz CT molecular complexity index is 1240. The molecule has 0 saturated carbocycles. The summed E-state index contributed by atoms with van der Waals surface area (Å²) in [5, 5.41) is 11.3. The molecule has 2 heterocycles. The molecule has 152 valence electrons. The number of hydrogen-bond donors (Lipinski definition) is 1. The van der Waals surface area contributed by atoms with Gasteiger partial charge in [-0.3, -0.25) is 18.6 Å². The van der Waals surface area contributed by atoms with Gasteiger partial charge in [0.25, 0.3) is 0 Å². The number of carbonyl (C=O) groups is 1. The fraction of sp³-hybridized carbons (Fsp3) is 0.143. The van der Waals surface area contributed by atoms with Crippen molar-refractivity contribution in [3.05, 3.63) is 88.7 Å². The van der Waals surface area contributed by atoms with Crippen molar-refractivity contribution in [1.29, 1.82) is 0 Å². The molecule has 30 heavy (non-hydrogen) atoms. The molecule has 4 aromatic rings. The lowest BCUT2D eigenvalue weighted by molar-refractivity contribution is -0.118. The Labute approximate surface area is 175 Å². The van der Waals surface area contributed by atoms with Crippen molar-refractivity contribution in [1.82, 2.24) is 24.5 Å². The zero-order valence-corrected chi connectivity index (χ0v) is 16.7. The topological polar surface area (TPSA) is 81.3 Å². The molecule has 7 nitrogen and oxygen atoms in total. The number of benzene rings is 2. The van der Waals surface area contributed by atoms with Gasteiger partial charge >= 0.3 is 5.56 Å². The number of amides is 1. The van der Waals surface area contributed by atoms with E-state index in [0.29, 0.717) is 17.4 Å². The Kier molecular flexibility index (Phi) is 5.89. The molecule has 4 rings (SSSR count). The van der Waals surface area contributed by atoms with E-state index >= 15 is 0 Å². The van der Waals surface area contributed by atoms with Crippen LogP contribution >= 0.6 is 11.8 Å². The third-order valence-electron chi connectivity index (χ3n) is 4.44. The van der Waals surface area contributed by atoms with Crippen molar-refractivity contribution >= 4 is 23.3 Å². The van der Waals surface area contributed by atoms with Gasteiger partial charge in [-0.2, -0.15) is 0 Å². The molecule has 0 aliphatic heterocycles. The van der Waals surface area contributed by atoms with E-state index in [0.717, 1.165) is 12.0 Å². The smallest absolute Gasteiger partial charge is 0.300 e. The van der Waals surface area contributed by atoms with Crippen LogP contribution in [-0.4, -0.2) is 37.4 Å². The van der Waals surface area contributed by atoms with Crippen molar-refractivity contribution in [2.45, 2.75) is 11.6 Å². The lowest BCUT2D eigenvalue weighted by atomic mass is 10.1. The van der Waals surface area contributed by atoms with Gasteiger partial charge in [-0.25, -0.2) is 4.39 Å². The van der Waals surface area contributed by atoms with Gasteiger partial charge in [-0.1, -0.05) is 48.2 Å². The average Bonchev–Trinajstić information content (AvgIpc) is 3.17. The van der Waals surface area contributed by atoms with E-state index in [9.17, 15) is 14.0 Å². The lowest BCUT2D eigenvalue weighted by Crippen LogP contribution is -2.27. The molecule has 0 saturated heterocycles. The van der Waals surface area contributed by atoms with Gasteiger partial charge < -0.3 is 5.32 Å². The van der Waals surface area contributed by atoms with E-state index in [1.165, 1.54) is 45.1 Å². The number of aromatic nitrogens is 4. The fourth-order valence-corrected chi connectivity index (χ4v) is 3.71. The molecule has 2 aromatic carbocycles. The van der Waals surface area contributed by atoms with Gasteiger partial charge in [-0.15, -0.1) is 10.2 Å². The Balaban J connectivity index is 1.41. The van der Waals surface area contributed by atoms with E-state index in [-0.39, 0.29) is 17.3 Å². The van der Waals surface area contributed by atoms with Gasteiger partial charge in [-0.05, 0) is 30.2 Å². The molecule has 0 bridgehead atoms. The average molecular weight is 423 g/mol. The summed E-state index contributed by atoms with van der Waals surface area (Å²) in [5.41, 5.74) is 1.24. The van der Waals surface area contributed by atoms with Crippen molar-refractivity contribution in [3.63, 3.8) is 0 Å². The van der Waals surface area contributed by atoms with Crippen LogP contribution in [0.4, 0.5) is 4.39 Å². The Morgan fingerprint density at radius 2 is 1.90 bits per heavy atom. The van der Waals surface area contributed by atoms with E-state index in [1.54, 1.807) is 12.3 Å². The highest BCUT2D eigenvalue weighted by Gasteiger charge is 2.13. The summed E-state index contributed by atoms with van der Waals surface area (Å²) in [4.78, 5) is 24.8. The van der Waals surface area contributed by atoms with Crippen molar-refractivity contribution < 1.29 is 9.18 Å². The minimum atomic E-state index is -0.435. The zero-order chi connectivity index (χ0) is 20.9. The monoisotopic (exact) mass is 423 g/mol. The van der Waals surface area contributed by atoms with Crippen LogP contribution < -0.4 is 10.9 Å². The lowest BCUT2D eigenvalue weighted by Gasteiger charge is -2.07. The molecular formula is C21H18FN5O2S. The molecule has 0 unspecified atom stereocenters. The number of fused-ring (bicyclic) bond motifs is 1. The van der Waals surface area contributed by atoms with Crippen LogP contribution in [0, 0.1) is 5.82 Å². The highest BCUT2D eigenvalue weighted by molar-refractivity contribution is 7.99. The Morgan fingerprint density at radius 1 is 1.07 bits per heavy atom. The second-order valence-corrected chi connectivity index (χ2v) is 7.45. The number of nitrogens with one attached hydrogen (secondary N) is 1. The number of carbonyl (C=O) groups excluding carboxylic acids is 1. The Morgan fingerprint density at radius 3 is 2.70 bits per heavy atom. The molecule has 1 N–H and O–H groups in total. The standard InChI is InChI=1S/C21H18FN5O2S/c22-16-7-4-8-17(13-16)26-11-12-27-19(20(26)29)24-25-21(27)30-14-18(28)23-10-9-15-5-2-1-3-6-15/h1-8,11-13H,9-10,14H2,(H,23,28). The molecule has 0 aliphatic carbocycles. The second kappa shape index (κ2) is 8.91. The van der Waals surface area contributed by atoms with Gasteiger partial charge in [0.1, 0.15) is 5.82 Å². The molecule has 0 fully saturated rings. The van der Waals surface area contributed by atoms with Crippen LogP contribution in [0.5, 0.6) is 0 Å². The summed E-state index contributed by atoms with van der Waals surface area (Å²) in [6, 6.07) is 15.6.